The lowest BCUT2D eigenvalue weighted by Gasteiger charge is -2.03. The van der Waals surface area contributed by atoms with Crippen LogP contribution in [0.3, 0.4) is 0 Å². The fourth-order valence-electron chi connectivity index (χ4n) is 1.81. The Balaban J connectivity index is 1.87. The number of nitrogens with zero attached hydrogens (tertiary/aromatic N) is 2. The van der Waals surface area contributed by atoms with Crippen molar-refractivity contribution in [2.75, 3.05) is 13.7 Å². The number of rotatable bonds is 7. The quantitative estimate of drug-likeness (QED) is 0.785. The number of carbonyl (C=O) groups excluding carboxylic acids is 2. The lowest BCUT2D eigenvalue weighted by Crippen LogP contribution is -2.29. The second-order valence-corrected chi connectivity index (χ2v) is 4.74. The summed E-state index contributed by atoms with van der Waals surface area (Å²) in [4.78, 5) is 22.3. The van der Waals surface area contributed by atoms with Crippen molar-refractivity contribution < 1.29 is 18.7 Å². The number of carbonyl (C=O) groups is 2. The maximum atomic E-state index is 11.6. The largest absolute Gasteiger partial charge is 0.497 e. The lowest BCUT2D eigenvalue weighted by atomic mass is 10.2. The predicted octanol–water partition coefficient (Wildman–Crippen LogP) is 0.888. The van der Waals surface area contributed by atoms with E-state index in [0.29, 0.717) is 24.1 Å². The first kappa shape index (κ1) is 16.5. The van der Waals surface area contributed by atoms with Crippen molar-refractivity contribution in [3.63, 3.8) is 0 Å². The topological polar surface area (TPSA) is 106 Å². The van der Waals surface area contributed by atoms with Gasteiger partial charge < -0.3 is 19.8 Å². The molecule has 1 heterocycles. The Bertz CT molecular complexity index is 684. The van der Waals surface area contributed by atoms with Crippen molar-refractivity contribution >= 4 is 11.8 Å². The number of ether oxygens (including phenoxy) is 1. The zero-order valence-corrected chi connectivity index (χ0v) is 13.0. The van der Waals surface area contributed by atoms with Gasteiger partial charge in [-0.2, -0.15) is 0 Å². The van der Waals surface area contributed by atoms with E-state index in [1.165, 1.54) is 6.92 Å². The molecule has 122 valence electrons. The first-order valence-electron chi connectivity index (χ1n) is 7.06. The fourth-order valence-corrected chi connectivity index (χ4v) is 1.81. The maximum absolute atomic E-state index is 11.6. The van der Waals surface area contributed by atoms with Gasteiger partial charge in [-0.3, -0.25) is 9.59 Å². The molecule has 0 aliphatic carbocycles. The molecule has 1 aromatic carbocycles. The van der Waals surface area contributed by atoms with E-state index in [1.54, 1.807) is 13.2 Å². The van der Waals surface area contributed by atoms with E-state index in [0.717, 1.165) is 5.56 Å². The average molecular weight is 318 g/mol. The van der Waals surface area contributed by atoms with E-state index < -0.39 is 0 Å². The van der Waals surface area contributed by atoms with Crippen LogP contribution in [-0.2, 0) is 16.1 Å². The number of hydrogen-bond donors (Lipinski definition) is 2. The molecule has 0 spiro atoms. The second-order valence-electron chi connectivity index (χ2n) is 4.74. The Kier molecular flexibility index (Phi) is 5.67. The summed E-state index contributed by atoms with van der Waals surface area (Å²) in [7, 11) is 1.58. The molecule has 0 bridgehead atoms. The third kappa shape index (κ3) is 5.10. The molecular weight excluding hydrogens is 300 g/mol. The molecule has 2 amide bonds. The summed E-state index contributed by atoms with van der Waals surface area (Å²) in [6.07, 6.45) is 0.191. The Morgan fingerprint density at radius 1 is 1.26 bits per heavy atom. The zero-order chi connectivity index (χ0) is 16.7. The van der Waals surface area contributed by atoms with Crippen molar-refractivity contribution in [2.24, 2.45) is 0 Å². The Morgan fingerprint density at radius 2 is 2.09 bits per heavy atom. The SMILES string of the molecule is COc1cccc(-c2nnc(CNC(=O)CCNC(C)=O)o2)c1. The lowest BCUT2D eigenvalue weighted by molar-refractivity contribution is -0.121. The van der Waals surface area contributed by atoms with Crippen LogP contribution in [0.2, 0.25) is 0 Å². The summed E-state index contributed by atoms with van der Waals surface area (Å²) in [6.45, 7) is 1.83. The van der Waals surface area contributed by atoms with Gasteiger partial charge in [-0.25, -0.2) is 0 Å². The van der Waals surface area contributed by atoms with Gasteiger partial charge in [-0.1, -0.05) is 6.07 Å². The molecule has 0 aliphatic heterocycles. The predicted molar refractivity (Wildman–Crippen MR) is 81.4 cm³/mol. The van der Waals surface area contributed by atoms with Crippen LogP contribution in [0.1, 0.15) is 19.2 Å². The molecule has 23 heavy (non-hydrogen) atoms. The number of aromatic nitrogens is 2. The fraction of sp³-hybridized carbons (Fsp3) is 0.333. The van der Waals surface area contributed by atoms with Gasteiger partial charge >= 0.3 is 0 Å². The van der Waals surface area contributed by atoms with Crippen molar-refractivity contribution in [3.8, 4) is 17.2 Å². The zero-order valence-electron chi connectivity index (χ0n) is 13.0. The van der Waals surface area contributed by atoms with Gasteiger partial charge in [0, 0.05) is 25.5 Å². The van der Waals surface area contributed by atoms with Gasteiger partial charge in [0.05, 0.1) is 13.7 Å². The highest BCUT2D eigenvalue weighted by molar-refractivity contribution is 5.77. The number of methoxy groups -OCH3 is 1. The van der Waals surface area contributed by atoms with E-state index in [2.05, 4.69) is 20.8 Å². The van der Waals surface area contributed by atoms with Crippen LogP contribution >= 0.6 is 0 Å². The van der Waals surface area contributed by atoms with Gasteiger partial charge in [0.2, 0.25) is 23.6 Å². The van der Waals surface area contributed by atoms with E-state index in [-0.39, 0.29) is 24.8 Å². The molecule has 0 saturated carbocycles. The standard InChI is InChI=1S/C15H18N4O4/c1-10(20)16-7-6-13(21)17-9-14-18-19-15(23-14)11-4-3-5-12(8-11)22-2/h3-5,8H,6-7,9H2,1-2H3,(H,16,20)(H,17,21). The second kappa shape index (κ2) is 7.92. The van der Waals surface area contributed by atoms with Gasteiger partial charge in [-0.05, 0) is 18.2 Å². The number of hydrogen-bond acceptors (Lipinski definition) is 6. The summed E-state index contributed by atoms with van der Waals surface area (Å²) in [6, 6.07) is 7.24. The molecule has 0 fully saturated rings. The first-order valence-corrected chi connectivity index (χ1v) is 7.06. The molecule has 8 heteroatoms. The highest BCUT2D eigenvalue weighted by Gasteiger charge is 2.10. The molecule has 0 atom stereocenters. The highest BCUT2D eigenvalue weighted by Crippen LogP contribution is 2.22. The van der Waals surface area contributed by atoms with Gasteiger partial charge in [0.25, 0.3) is 0 Å². The molecule has 2 N–H and O–H groups in total. The Hall–Kier alpha value is -2.90. The van der Waals surface area contributed by atoms with E-state index in [1.807, 2.05) is 18.2 Å². The van der Waals surface area contributed by atoms with Crippen molar-refractivity contribution in [1.82, 2.24) is 20.8 Å². The minimum absolute atomic E-state index is 0.135. The first-order chi connectivity index (χ1) is 11.1. The minimum atomic E-state index is -0.208. The molecule has 1 aromatic heterocycles. The maximum Gasteiger partial charge on any atom is 0.247 e. The molecule has 0 radical (unpaired) electrons. The third-order valence-electron chi connectivity index (χ3n) is 2.95. The molecule has 2 rings (SSSR count). The number of benzene rings is 1. The molecule has 0 aliphatic rings. The summed E-state index contributed by atoms with van der Waals surface area (Å²) in [5.41, 5.74) is 0.736. The van der Waals surface area contributed by atoms with Crippen molar-refractivity contribution in [3.05, 3.63) is 30.2 Å². The van der Waals surface area contributed by atoms with Crippen LogP contribution in [0.5, 0.6) is 5.75 Å². The van der Waals surface area contributed by atoms with Crippen molar-refractivity contribution in [2.45, 2.75) is 19.9 Å². The van der Waals surface area contributed by atoms with Crippen LogP contribution in [0.15, 0.2) is 28.7 Å². The van der Waals surface area contributed by atoms with Crippen LogP contribution in [-0.4, -0.2) is 35.7 Å². The number of nitrogens with one attached hydrogen (secondary N) is 2. The summed E-state index contributed by atoms with van der Waals surface area (Å²) in [5.74, 6) is 0.966. The van der Waals surface area contributed by atoms with Gasteiger partial charge in [0.1, 0.15) is 5.75 Å². The van der Waals surface area contributed by atoms with Crippen LogP contribution in [0.4, 0.5) is 0 Å². The highest BCUT2D eigenvalue weighted by atomic mass is 16.5. The van der Waals surface area contributed by atoms with Crippen LogP contribution in [0, 0.1) is 0 Å². The summed E-state index contributed by atoms with van der Waals surface area (Å²) >= 11 is 0. The van der Waals surface area contributed by atoms with Crippen LogP contribution < -0.4 is 15.4 Å². The van der Waals surface area contributed by atoms with E-state index >= 15 is 0 Å². The normalized spacial score (nSPS) is 10.2. The van der Waals surface area contributed by atoms with Gasteiger partial charge in [-0.15, -0.1) is 10.2 Å². The molecule has 8 nitrogen and oxygen atoms in total. The van der Waals surface area contributed by atoms with E-state index in [4.69, 9.17) is 9.15 Å². The van der Waals surface area contributed by atoms with Crippen LogP contribution in [0.25, 0.3) is 11.5 Å². The molecular formula is C15H18N4O4. The monoisotopic (exact) mass is 318 g/mol. The Labute approximate surface area is 133 Å². The van der Waals surface area contributed by atoms with E-state index in [9.17, 15) is 9.59 Å². The average Bonchev–Trinajstić information content (AvgIpc) is 3.01. The summed E-state index contributed by atoms with van der Waals surface area (Å²) < 4.78 is 10.6. The summed E-state index contributed by atoms with van der Waals surface area (Å²) in [5, 5.41) is 13.0. The van der Waals surface area contributed by atoms with Crippen molar-refractivity contribution in [1.29, 1.82) is 0 Å². The number of amides is 2. The minimum Gasteiger partial charge on any atom is -0.497 e. The molecule has 2 aromatic rings. The van der Waals surface area contributed by atoms with Gasteiger partial charge in [0.15, 0.2) is 0 Å². The smallest absolute Gasteiger partial charge is 0.247 e. The Morgan fingerprint density at radius 3 is 2.83 bits per heavy atom. The third-order valence-corrected chi connectivity index (χ3v) is 2.95. The molecule has 0 saturated heterocycles. The molecule has 0 unspecified atom stereocenters.